The van der Waals surface area contributed by atoms with Gasteiger partial charge in [-0.3, -0.25) is 14.6 Å². The second-order valence-corrected chi connectivity index (χ2v) is 11.0. The molecule has 194 valence electrons. The molecule has 4 rings (SSSR count). The molecule has 0 unspecified atom stereocenters. The minimum absolute atomic E-state index is 0.0793. The number of rotatable bonds is 8. The Balaban J connectivity index is 1.32. The van der Waals surface area contributed by atoms with Gasteiger partial charge in [-0.1, -0.05) is 24.3 Å². The van der Waals surface area contributed by atoms with Gasteiger partial charge in [-0.25, -0.2) is 17.5 Å². The van der Waals surface area contributed by atoms with Crippen LogP contribution in [-0.2, 0) is 14.8 Å². The molecule has 1 aromatic heterocycles. The molecule has 0 radical (unpaired) electrons. The van der Waals surface area contributed by atoms with Gasteiger partial charge in [0.2, 0.25) is 15.9 Å². The van der Waals surface area contributed by atoms with Crippen LogP contribution < -0.4 is 15.8 Å². The molecule has 3 aromatic rings. The Hall–Kier alpha value is -3.63. The summed E-state index contributed by atoms with van der Waals surface area (Å²) in [7, 11) is -3.74. The fourth-order valence-electron chi connectivity index (χ4n) is 4.50. The zero-order chi connectivity index (χ0) is 26.6. The van der Waals surface area contributed by atoms with E-state index in [4.69, 9.17) is 5.73 Å². The molecule has 1 atom stereocenters. The fourth-order valence-corrected chi connectivity index (χ4v) is 5.80. The Kier molecular flexibility index (Phi) is 7.99. The third-order valence-corrected chi connectivity index (χ3v) is 8.20. The van der Waals surface area contributed by atoms with Crippen molar-refractivity contribution in [3.05, 3.63) is 83.9 Å². The predicted octanol–water partition coefficient (Wildman–Crippen LogP) is 3.70. The lowest BCUT2D eigenvalue weighted by atomic mass is 9.85. The number of nitrogens with one attached hydrogen (secondary N) is 2. The molecule has 37 heavy (non-hydrogen) atoms. The van der Waals surface area contributed by atoms with E-state index in [2.05, 4.69) is 15.0 Å². The Morgan fingerprint density at radius 1 is 0.973 bits per heavy atom. The molecule has 0 bridgehead atoms. The summed E-state index contributed by atoms with van der Waals surface area (Å²) >= 11 is 0. The average molecular weight is 525 g/mol. The van der Waals surface area contributed by atoms with Gasteiger partial charge in [0, 0.05) is 18.2 Å². The predicted molar refractivity (Wildman–Crippen MR) is 137 cm³/mol. The van der Waals surface area contributed by atoms with Gasteiger partial charge >= 0.3 is 0 Å². The Labute approximate surface area is 215 Å². The quantitative estimate of drug-likeness (QED) is 0.414. The van der Waals surface area contributed by atoms with Crippen molar-refractivity contribution in [3.63, 3.8) is 0 Å². The number of primary amides is 1. The molecule has 1 heterocycles. The molecule has 0 aliphatic heterocycles. The zero-order valence-electron chi connectivity index (χ0n) is 20.4. The standard InChI is InChI=1S/C27H29FN4O4S/c1-17(18-2-8-22(28)9-3-18)31-27(34)20-4-10-23(11-5-20)32-37(35,36)24-12-6-19(7-13-24)21-14-15-30-25(16-21)26(29)33/h2-3,6-9,12-17,20,23,32H,4-5,10-11H2,1H3,(H2,29,33)(H,31,34)/t17-,20-,23-/m1/s1. The first-order valence-electron chi connectivity index (χ1n) is 12.1. The van der Waals surface area contributed by atoms with Crippen LogP contribution >= 0.6 is 0 Å². The molecule has 0 saturated heterocycles. The van der Waals surface area contributed by atoms with Crippen LogP contribution in [0.2, 0.25) is 0 Å². The number of pyridine rings is 1. The van der Waals surface area contributed by atoms with Crippen LogP contribution in [0.3, 0.4) is 0 Å². The van der Waals surface area contributed by atoms with Crippen molar-refractivity contribution in [1.82, 2.24) is 15.0 Å². The SMILES string of the molecule is C[C@@H](NC(=O)[C@H]1CC[C@H](NS(=O)(=O)c2ccc(-c3ccnc(C(N)=O)c3)cc2)CC1)c1ccc(F)cc1. The molecule has 10 heteroatoms. The minimum atomic E-state index is -3.74. The Bertz CT molecular complexity index is 1370. The molecular weight excluding hydrogens is 495 g/mol. The van der Waals surface area contributed by atoms with Gasteiger partial charge in [-0.05, 0) is 85.7 Å². The number of amides is 2. The van der Waals surface area contributed by atoms with Gasteiger partial charge in [0.15, 0.2) is 0 Å². The van der Waals surface area contributed by atoms with E-state index in [1.807, 2.05) is 6.92 Å². The van der Waals surface area contributed by atoms with Crippen LogP contribution in [0.15, 0.2) is 71.8 Å². The van der Waals surface area contributed by atoms with Gasteiger partial charge in [0.05, 0.1) is 10.9 Å². The van der Waals surface area contributed by atoms with Crippen molar-refractivity contribution in [1.29, 1.82) is 0 Å². The van der Waals surface area contributed by atoms with Crippen molar-refractivity contribution < 1.29 is 22.4 Å². The molecule has 2 aromatic carbocycles. The van der Waals surface area contributed by atoms with Gasteiger partial charge in [0.1, 0.15) is 11.5 Å². The van der Waals surface area contributed by atoms with Gasteiger partial charge in [-0.15, -0.1) is 0 Å². The summed E-state index contributed by atoms with van der Waals surface area (Å²) in [6, 6.07) is 15.1. The number of carbonyl (C=O) groups excluding carboxylic acids is 2. The second-order valence-electron chi connectivity index (χ2n) is 9.27. The first-order chi connectivity index (χ1) is 17.6. The lowest BCUT2D eigenvalue weighted by Crippen LogP contribution is -2.41. The van der Waals surface area contributed by atoms with Crippen LogP contribution in [0.1, 0.15) is 54.7 Å². The van der Waals surface area contributed by atoms with E-state index in [0.717, 1.165) is 11.1 Å². The van der Waals surface area contributed by atoms with E-state index in [-0.39, 0.29) is 40.3 Å². The molecule has 1 fully saturated rings. The van der Waals surface area contributed by atoms with Crippen LogP contribution in [0, 0.1) is 11.7 Å². The lowest BCUT2D eigenvalue weighted by Gasteiger charge is -2.29. The van der Waals surface area contributed by atoms with Crippen molar-refractivity contribution in [2.45, 2.75) is 49.6 Å². The van der Waals surface area contributed by atoms with E-state index in [1.54, 1.807) is 36.4 Å². The summed E-state index contributed by atoms with van der Waals surface area (Å²) in [6.07, 6.45) is 3.71. The Morgan fingerprint density at radius 3 is 2.24 bits per heavy atom. The third kappa shape index (κ3) is 6.58. The van der Waals surface area contributed by atoms with Crippen LogP contribution in [-0.4, -0.2) is 31.3 Å². The summed E-state index contributed by atoms with van der Waals surface area (Å²) in [4.78, 5) is 28.1. The lowest BCUT2D eigenvalue weighted by molar-refractivity contribution is -0.126. The Morgan fingerprint density at radius 2 is 1.62 bits per heavy atom. The zero-order valence-corrected chi connectivity index (χ0v) is 21.2. The number of benzene rings is 2. The number of nitrogens with zero attached hydrogens (tertiary/aromatic N) is 1. The van der Waals surface area contributed by atoms with E-state index in [9.17, 15) is 22.4 Å². The number of hydrogen-bond acceptors (Lipinski definition) is 5. The smallest absolute Gasteiger partial charge is 0.267 e. The topological polar surface area (TPSA) is 131 Å². The third-order valence-electron chi connectivity index (χ3n) is 6.66. The number of hydrogen-bond donors (Lipinski definition) is 3. The first kappa shape index (κ1) is 26.4. The average Bonchev–Trinajstić information content (AvgIpc) is 2.89. The fraction of sp³-hybridized carbons (Fsp3) is 0.296. The number of halogens is 1. The van der Waals surface area contributed by atoms with E-state index < -0.39 is 15.9 Å². The van der Waals surface area contributed by atoms with Crippen molar-refractivity contribution in [3.8, 4) is 11.1 Å². The monoisotopic (exact) mass is 524 g/mol. The minimum Gasteiger partial charge on any atom is -0.364 e. The van der Waals surface area contributed by atoms with Gasteiger partial charge in [-0.2, -0.15) is 0 Å². The van der Waals surface area contributed by atoms with Crippen LogP contribution in [0.25, 0.3) is 11.1 Å². The summed E-state index contributed by atoms with van der Waals surface area (Å²) in [5.41, 5.74) is 7.66. The molecule has 0 spiro atoms. The van der Waals surface area contributed by atoms with Crippen molar-refractivity contribution in [2.75, 3.05) is 0 Å². The van der Waals surface area contributed by atoms with Crippen molar-refractivity contribution >= 4 is 21.8 Å². The number of carbonyl (C=O) groups is 2. The molecule has 1 aliphatic rings. The highest BCUT2D eigenvalue weighted by molar-refractivity contribution is 7.89. The van der Waals surface area contributed by atoms with Crippen LogP contribution in [0.5, 0.6) is 0 Å². The van der Waals surface area contributed by atoms with Crippen molar-refractivity contribution in [2.24, 2.45) is 11.7 Å². The van der Waals surface area contributed by atoms with E-state index in [1.165, 1.54) is 30.5 Å². The molecule has 2 amide bonds. The maximum Gasteiger partial charge on any atom is 0.267 e. The van der Waals surface area contributed by atoms with Crippen LogP contribution in [0.4, 0.5) is 4.39 Å². The molecule has 1 saturated carbocycles. The highest BCUT2D eigenvalue weighted by Crippen LogP contribution is 2.27. The first-order valence-corrected chi connectivity index (χ1v) is 13.5. The maximum atomic E-state index is 13.1. The summed E-state index contributed by atoms with van der Waals surface area (Å²) in [6.45, 7) is 1.85. The van der Waals surface area contributed by atoms with Gasteiger partial charge in [0.25, 0.3) is 5.91 Å². The number of sulfonamides is 1. The largest absolute Gasteiger partial charge is 0.364 e. The van der Waals surface area contributed by atoms with Gasteiger partial charge < -0.3 is 11.1 Å². The summed E-state index contributed by atoms with van der Waals surface area (Å²) in [5, 5.41) is 2.97. The molecular formula is C27H29FN4O4S. The summed E-state index contributed by atoms with van der Waals surface area (Å²) < 4.78 is 41.8. The molecule has 4 N–H and O–H groups in total. The normalized spacial score (nSPS) is 18.6. The maximum absolute atomic E-state index is 13.1. The van der Waals surface area contributed by atoms with E-state index >= 15 is 0 Å². The highest BCUT2D eigenvalue weighted by Gasteiger charge is 2.29. The van der Waals surface area contributed by atoms with E-state index in [0.29, 0.717) is 31.2 Å². The molecule has 8 nitrogen and oxygen atoms in total. The number of aromatic nitrogens is 1. The number of nitrogens with two attached hydrogens (primary N) is 1. The molecule has 1 aliphatic carbocycles. The highest BCUT2D eigenvalue weighted by atomic mass is 32.2. The second kappa shape index (κ2) is 11.2. The summed E-state index contributed by atoms with van der Waals surface area (Å²) in [5.74, 6) is -1.25.